The maximum absolute atomic E-state index is 12.9. The van der Waals surface area contributed by atoms with Crippen LogP contribution in [0.5, 0.6) is 0 Å². The van der Waals surface area contributed by atoms with Crippen LogP contribution in [-0.2, 0) is 20.9 Å². The fraction of sp³-hybridized carbons (Fsp3) is 0.318. The first kappa shape index (κ1) is 22.8. The molecule has 0 spiro atoms. The summed E-state index contributed by atoms with van der Waals surface area (Å²) in [6, 6.07) is 16.3. The van der Waals surface area contributed by atoms with Gasteiger partial charge in [0, 0.05) is 11.4 Å². The first-order chi connectivity index (χ1) is 13.7. The zero-order valence-electron chi connectivity index (χ0n) is 16.6. The van der Waals surface area contributed by atoms with Crippen LogP contribution < -0.4 is 0 Å². The molecule has 0 N–H and O–H groups in total. The Morgan fingerprint density at radius 3 is 2.38 bits per heavy atom. The molecule has 152 valence electrons. The van der Waals surface area contributed by atoms with Crippen molar-refractivity contribution in [2.24, 2.45) is 0 Å². The van der Waals surface area contributed by atoms with E-state index in [1.54, 1.807) is 51.1 Å². The van der Waals surface area contributed by atoms with Crippen molar-refractivity contribution in [3.63, 3.8) is 0 Å². The lowest BCUT2D eigenvalue weighted by Crippen LogP contribution is -2.39. The number of nitrogens with zero attached hydrogens (tertiary/aromatic N) is 2. The average Bonchev–Trinajstić information content (AvgIpc) is 2.65. The van der Waals surface area contributed by atoms with E-state index in [9.17, 15) is 9.59 Å². The van der Waals surface area contributed by atoms with E-state index >= 15 is 0 Å². The van der Waals surface area contributed by atoms with Crippen molar-refractivity contribution in [2.45, 2.75) is 37.8 Å². The number of esters is 1. The molecule has 0 aliphatic carbocycles. The molecule has 0 radical (unpaired) electrons. The van der Waals surface area contributed by atoms with E-state index in [2.05, 4.69) is 6.07 Å². The molecule has 0 heterocycles. The number of carbonyl (C=O) groups excluding carboxylic acids is 2. The van der Waals surface area contributed by atoms with Crippen molar-refractivity contribution >= 4 is 35.2 Å². The summed E-state index contributed by atoms with van der Waals surface area (Å²) < 4.78 is 5.37. The minimum Gasteiger partial charge on any atom is -0.459 e. The fourth-order valence-electron chi connectivity index (χ4n) is 2.46. The molecule has 5 nitrogen and oxygen atoms in total. The predicted molar refractivity (Wildman–Crippen MR) is 115 cm³/mol. The number of hydrogen-bond acceptors (Lipinski definition) is 5. The third-order valence-electron chi connectivity index (χ3n) is 3.74. The lowest BCUT2D eigenvalue weighted by Gasteiger charge is -2.25. The second-order valence-corrected chi connectivity index (χ2v) is 8.79. The molecule has 0 unspecified atom stereocenters. The van der Waals surface area contributed by atoms with Crippen LogP contribution in [0.1, 0.15) is 31.9 Å². The molecule has 2 rings (SSSR count). The highest BCUT2D eigenvalue weighted by Crippen LogP contribution is 2.27. The summed E-state index contributed by atoms with van der Waals surface area (Å²) in [5.41, 5.74) is 0.726. The Hall–Kier alpha value is -2.49. The van der Waals surface area contributed by atoms with Gasteiger partial charge in [0.2, 0.25) is 5.91 Å². The summed E-state index contributed by atoms with van der Waals surface area (Å²) in [5.74, 6) is -0.532. The third kappa shape index (κ3) is 7.80. The zero-order valence-corrected chi connectivity index (χ0v) is 18.2. The molecular weight excluding hydrogens is 408 g/mol. The van der Waals surface area contributed by atoms with E-state index in [0.717, 1.165) is 10.5 Å². The Balaban J connectivity index is 2.11. The number of hydrogen-bond donors (Lipinski definition) is 0. The summed E-state index contributed by atoms with van der Waals surface area (Å²) in [5, 5.41) is 9.52. The number of benzene rings is 2. The van der Waals surface area contributed by atoms with Gasteiger partial charge in [-0.05, 0) is 50.6 Å². The van der Waals surface area contributed by atoms with Crippen molar-refractivity contribution in [1.29, 1.82) is 5.26 Å². The standard InChI is InChI=1S/C22H23ClN2O3S/c1-22(2,3)28-21(27)14-25(13-17-10-8-16(12-24)9-11-17)20(26)15-29-19-7-5-4-6-18(19)23/h4-11H,13-15H2,1-3H3. The minimum atomic E-state index is -0.632. The van der Waals surface area contributed by atoms with Gasteiger partial charge in [0.15, 0.2) is 0 Å². The first-order valence-corrected chi connectivity index (χ1v) is 10.4. The number of thioether (sulfide) groups is 1. The number of ether oxygens (including phenoxy) is 1. The normalized spacial score (nSPS) is 10.9. The third-order valence-corrected chi connectivity index (χ3v) is 5.24. The van der Waals surface area contributed by atoms with Crippen LogP contribution >= 0.6 is 23.4 Å². The molecule has 29 heavy (non-hydrogen) atoms. The number of amides is 1. The summed E-state index contributed by atoms with van der Waals surface area (Å²) in [6.45, 7) is 5.44. The molecular formula is C22H23ClN2O3S. The highest BCUT2D eigenvalue weighted by Gasteiger charge is 2.22. The molecule has 0 bridgehead atoms. The number of rotatable bonds is 7. The molecule has 2 aromatic carbocycles. The molecule has 2 aromatic rings. The number of nitriles is 1. The van der Waals surface area contributed by atoms with Crippen molar-refractivity contribution < 1.29 is 14.3 Å². The first-order valence-electron chi connectivity index (χ1n) is 9.04. The second-order valence-electron chi connectivity index (χ2n) is 7.36. The Kier molecular flexibility index (Phi) is 8.12. The molecule has 0 aliphatic heterocycles. The topological polar surface area (TPSA) is 70.4 Å². The van der Waals surface area contributed by atoms with Crippen molar-refractivity contribution in [1.82, 2.24) is 4.90 Å². The van der Waals surface area contributed by atoms with E-state index < -0.39 is 11.6 Å². The highest BCUT2D eigenvalue weighted by atomic mass is 35.5. The Morgan fingerprint density at radius 1 is 1.14 bits per heavy atom. The van der Waals surface area contributed by atoms with Gasteiger partial charge in [-0.25, -0.2) is 0 Å². The van der Waals surface area contributed by atoms with E-state index in [1.165, 1.54) is 16.7 Å². The molecule has 0 aromatic heterocycles. The monoisotopic (exact) mass is 430 g/mol. The number of halogens is 1. The molecule has 0 atom stereocenters. The molecule has 1 amide bonds. The fourth-order valence-corrected chi connectivity index (χ4v) is 3.60. The van der Waals surface area contributed by atoms with Crippen LogP contribution in [0.15, 0.2) is 53.4 Å². The van der Waals surface area contributed by atoms with Crippen LogP contribution in [0.2, 0.25) is 5.02 Å². The summed E-state index contributed by atoms with van der Waals surface area (Å²) in [7, 11) is 0. The van der Waals surface area contributed by atoms with E-state index in [4.69, 9.17) is 21.6 Å². The van der Waals surface area contributed by atoms with Crippen LogP contribution in [0, 0.1) is 11.3 Å². The largest absolute Gasteiger partial charge is 0.459 e. The van der Waals surface area contributed by atoms with Crippen LogP contribution in [0.25, 0.3) is 0 Å². The Morgan fingerprint density at radius 2 is 1.79 bits per heavy atom. The van der Waals surface area contributed by atoms with Crippen molar-refractivity contribution in [3.8, 4) is 6.07 Å². The van der Waals surface area contributed by atoms with Gasteiger partial charge in [-0.2, -0.15) is 5.26 Å². The van der Waals surface area contributed by atoms with Gasteiger partial charge in [0.05, 0.1) is 22.4 Å². The van der Waals surface area contributed by atoms with Gasteiger partial charge < -0.3 is 9.64 Å². The summed E-state index contributed by atoms with van der Waals surface area (Å²) >= 11 is 7.48. The Labute approximate surface area is 180 Å². The zero-order chi connectivity index (χ0) is 21.4. The van der Waals surface area contributed by atoms with Gasteiger partial charge in [-0.15, -0.1) is 11.8 Å². The van der Waals surface area contributed by atoms with Crippen LogP contribution in [0.3, 0.4) is 0 Å². The molecule has 0 saturated heterocycles. The lowest BCUT2D eigenvalue weighted by atomic mass is 10.1. The van der Waals surface area contributed by atoms with E-state index in [1.807, 2.05) is 18.2 Å². The highest BCUT2D eigenvalue weighted by molar-refractivity contribution is 8.00. The molecule has 7 heteroatoms. The maximum atomic E-state index is 12.9. The van der Waals surface area contributed by atoms with Gasteiger partial charge >= 0.3 is 5.97 Å². The Bertz CT molecular complexity index is 902. The molecule has 0 fully saturated rings. The van der Waals surface area contributed by atoms with Crippen LogP contribution in [-0.4, -0.2) is 34.7 Å². The summed E-state index contributed by atoms with van der Waals surface area (Å²) in [6.07, 6.45) is 0. The summed E-state index contributed by atoms with van der Waals surface area (Å²) in [4.78, 5) is 27.4. The number of carbonyl (C=O) groups is 2. The molecule has 0 aliphatic rings. The van der Waals surface area contributed by atoms with Crippen LogP contribution in [0.4, 0.5) is 0 Å². The van der Waals surface area contributed by atoms with Gasteiger partial charge in [0.25, 0.3) is 0 Å². The maximum Gasteiger partial charge on any atom is 0.326 e. The second kappa shape index (κ2) is 10.3. The van der Waals surface area contributed by atoms with Gasteiger partial charge in [-0.3, -0.25) is 9.59 Å². The average molecular weight is 431 g/mol. The smallest absolute Gasteiger partial charge is 0.326 e. The van der Waals surface area contributed by atoms with E-state index in [0.29, 0.717) is 10.6 Å². The quantitative estimate of drug-likeness (QED) is 0.471. The van der Waals surface area contributed by atoms with Gasteiger partial charge in [-0.1, -0.05) is 35.9 Å². The van der Waals surface area contributed by atoms with Gasteiger partial charge in [0.1, 0.15) is 12.1 Å². The SMILES string of the molecule is CC(C)(C)OC(=O)CN(Cc1ccc(C#N)cc1)C(=O)CSc1ccccc1Cl. The predicted octanol–water partition coefficient (Wildman–Crippen LogP) is 4.67. The van der Waals surface area contributed by atoms with Crippen molar-refractivity contribution in [2.75, 3.05) is 12.3 Å². The van der Waals surface area contributed by atoms with E-state index in [-0.39, 0.29) is 24.7 Å². The molecule has 0 saturated carbocycles. The minimum absolute atomic E-state index is 0.142. The lowest BCUT2D eigenvalue weighted by molar-refractivity contribution is -0.158. The van der Waals surface area contributed by atoms with Crippen molar-refractivity contribution in [3.05, 3.63) is 64.7 Å².